The first kappa shape index (κ1) is 23.7. The van der Waals surface area contributed by atoms with Gasteiger partial charge >= 0.3 is 0 Å². The fourth-order valence-corrected chi connectivity index (χ4v) is 10.2. The van der Waals surface area contributed by atoms with Crippen molar-refractivity contribution in [1.82, 2.24) is 14.2 Å². The molecule has 0 bridgehead atoms. The molecule has 0 unspecified atom stereocenters. The molecule has 0 radical (unpaired) electrons. The SMILES string of the molecule is CCN(CC)P(=S)(C1=C(N2CCOCC2)/C(=C/c2ccccc2)CC1)N(CC)CC. The van der Waals surface area contributed by atoms with E-state index in [1.165, 1.54) is 22.1 Å². The van der Waals surface area contributed by atoms with Crippen molar-refractivity contribution in [2.45, 2.75) is 40.5 Å². The lowest BCUT2D eigenvalue weighted by Gasteiger charge is -2.44. The van der Waals surface area contributed by atoms with E-state index in [9.17, 15) is 0 Å². The molecule has 0 amide bonds. The van der Waals surface area contributed by atoms with E-state index in [0.717, 1.165) is 65.3 Å². The first-order chi connectivity index (χ1) is 14.6. The Kier molecular flexibility index (Phi) is 8.73. The van der Waals surface area contributed by atoms with Gasteiger partial charge in [-0.05, 0) is 30.1 Å². The van der Waals surface area contributed by atoms with Gasteiger partial charge in [0, 0.05) is 50.3 Å². The Labute approximate surface area is 188 Å². The molecule has 0 atom stereocenters. The summed E-state index contributed by atoms with van der Waals surface area (Å²) in [6, 6.07) is 10.7. The third kappa shape index (κ3) is 4.76. The van der Waals surface area contributed by atoms with Crippen LogP contribution in [0, 0.1) is 0 Å². The van der Waals surface area contributed by atoms with Crippen molar-refractivity contribution in [1.29, 1.82) is 0 Å². The normalized spacial score (nSPS) is 19.5. The van der Waals surface area contributed by atoms with Gasteiger partial charge in [0.05, 0.1) is 13.2 Å². The van der Waals surface area contributed by atoms with Gasteiger partial charge in [-0.2, -0.15) is 0 Å². The van der Waals surface area contributed by atoms with Gasteiger partial charge in [-0.1, -0.05) is 69.8 Å². The Hall–Kier alpha value is -0.970. The van der Waals surface area contributed by atoms with E-state index in [0.29, 0.717) is 0 Å². The van der Waals surface area contributed by atoms with Gasteiger partial charge in [0.15, 0.2) is 0 Å². The summed E-state index contributed by atoms with van der Waals surface area (Å²) in [4.78, 5) is 2.56. The van der Waals surface area contributed by atoms with Crippen molar-refractivity contribution in [3.63, 3.8) is 0 Å². The minimum atomic E-state index is -2.00. The van der Waals surface area contributed by atoms with Crippen LogP contribution in [0.1, 0.15) is 46.1 Å². The maximum Gasteiger partial charge on any atom is 0.105 e. The van der Waals surface area contributed by atoms with Crippen molar-refractivity contribution in [3.8, 4) is 0 Å². The standard InChI is InChI=1S/C24H38N3OPS/c1-5-26(6-2)29(30,27(7-3)8-4)23-15-14-22(20-21-12-10-9-11-13-21)24(23)25-16-18-28-19-17-25/h9-13,20H,5-8,14-19H2,1-4H3/b22-20+. The van der Waals surface area contributed by atoms with Crippen molar-refractivity contribution in [3.05, 3.63) is 52.5 Å². The number of ether oxygens (including phenoxy) is 1. The molecule has 0 spiro atoms. The lowest BCUT2D eigenvalue weighted by Crippen LogP contribution is -2.37. The molecule has 1 saturated heterocycles. The van der Waals surface area contributed by atoms with Crippen molar-refractivity contribution in [2.24, 2.45) is 0 Å². The van der Waals surface area contributed by atoms with Crippen molar-refractivity contribution >= 4 is 24.2 Å². The van der Waals surface area contributed by atoms with Gasteiger partial charge in [0.1, 0.15) is 6.34 Å². The van der Waals surface area contributed by atoms with Gasteiger partial charge in [0.25, 0.3) is 0 Å². The third-order valence-electron chi connectivity index (χ3n) is 6.25. The summed E-state index contributed by atoms with van der Waals surface area (Å²) in [5.74, 6) is 0. The van der Waals surface area contributed by atoms with E-state index in [1.807, 2.05) is 0 Å². The van der Waals surface area contributed by atoms with E-state index in [1.54, 1.807) is 0 Å². The first-order valence-corrected chi connectivity index (χ1v) is 14.2. The van der Waals surface area contributed by atoms with Crippen LogP contribution in [-0.2, 0) is 16.5 Å². The highest BCUT2D eigenvalue weighted by Crippen LogP contribution is 2.65. The summed E-state index contributed by atoms with van der Waals surface area (Å²) in [6.07, 6.45) is 2.56. The largest absolute Gasteiger partial charge is 0.378 e. The fraction of sp³-hybridized carbons (Fsp3) is 0.583. The molecule has 4 nitrogen and oxygen atoms in total. The number of hydrogen-bond donors (Lipinski definition) is 0. The number of rotatable bonds is 9. The maximum atomic E-state index is 6.69. The molecule has 1 heterocycles. The zero-order chi connectivity index (χ0) is 21.6. The molecule has 3 rings (SSSR count). The van der Waals surface area contributed by atoms with Crippen LogP contribution in [0.3, 0.4) is 0 Å². The van der Waals surface area contributed by atoms with Crippen LogP contribution in [0.5, 0.6) is 0 Å². The lowest BCUT2D eigenvalue weighted by atomic mass is 10.1. The molecule has 2 aliphatic rings. The minimum Gasteiger partial charge on any atom is -0.378 e. The molecule has 6 heteroatoms. The summed E-state index contributed by atoms with van der Waals surface area (Å²) in [5, 5.41) is 1.52. The Bertz CT molecular complexity index is 778. The summed E-state index contributed by atoms with van der Waals surface area (Å²) in [7, 11) is 0. The van der Waals surface area contributed by atoms with Gasteiger partial charge in [-0.3, -0.25) is 9.34 Å². The highest BCUT2D eigenvalue weighted by Gasteiger charge is 2.39. The third-order valence-corrected chi connectivity index (χ3v) is 12.1. The smallest absolute Gasteiger partial charge is 0.105 e. The zero-order valence-corrected chi connectivity index (χ0v) is 20.9. The predicted octanol–water partition coefficient (Wildman–Crippen LogP) is 5.40. The molecule has 0 N–H and O–H groups in total. The summed E-state index contributed by atoms with van der Waals surface area (Å²) in [6.45, 7) is 16.6. The van der Waals surface area contributed by atoms with Gasteiger partial charge in [0.2, 0.25) is 0 Å². The van der Waals surface area contributed by atoms with Gasteiger partial charge < -0.3 is 9.64 Å². The van der Waals surface area contributed by atoms with Crippen LogP contribution in [0.25, 0.3) is 6.08 Å². The molecule has 1 fully saturated rings. The molecule has 1 aliphatic heterocycles. The number of allylic oxidation sites excluding steroid dienone is 2. The second kappa shape index (κ2) is 11.1. The Balaban J connectivity index is 2.17. The molecule has 166 valence electrons. The number of hydrogen-bond acceptors (Lipinski definition) is 3. The molecule has 1 aromatic rings. The van der Waals surface area contributed by atoms with Crippen LogP contribution in [0.15, 0.2) is 46.9 Å². The van der Waals surface area contributed by atoms with E-state index in [2.05, 4.69) is 78.3 Å². The van der Waals surface area contributed by atoms with Crippen LogP contribution in [0.2, 0.25) is 0 Å². The van der Waals surface area contributed by atoms with Crippen molar-refractivity contribution < 1.29 is 4.74 Å². The van der Waals surface area contributed by atoms with Crippen LogP contribution in [-0.4, -0.2) is 66.7 Å². The Morgan fingerprint density at radius 3 is 2.03 bits per heavy atom. The maximum absolute atomic E-state index is 6.69. The van der Waals surface area contributed by atoms with Gasteiger partial charge in [-0.25, -0.2) is 0 Å². The zero-order valence-electron chi connectivity index (χ0n) is 19.1. The molecule has 30 heavy (non-hydrogen) atoms. The molecular weight excluding hydrogens is 409 g/mol. The van der Waals surface area contributed by atoms with Crippen LogP contribution in [0.4, 0.5) is 0 Å². The summed E-state index contributed by atoms with van der Waals surface area (Å²) in [5.41, 5.74) is 4.16. The molecule has 0 saturated carbocycles. The topological polar surface area (TPSA) is 19.0 Å². The second-order valence-corrected chi connectivity index (χ2v) is 12.1. The lowest BCUT2D eigenvalue weighted by molar-refractivity contribution is 0.0548. The average molecular weight is 448 g/mol. The molecule has 0 aromatic heterocycles. The highest BCUT2D eigenvalue weighted by atomic mass is 32.4. The van der Waals surface area contributed by atoms with Crippen LogP contribution >= 0.6 is 6.34 Å². The predicted molar refractivity (Wildman–Crippen MR) is 133 cm³/mol. The highest BCUT2D eigenvalue weighted by molar-refractivity contribution is 8.14. The van der Waals surface area contributed by atoms with E-state index in [-0.39, 0.29) is 0 Å². The van der Waals surface area contributed by atoms with E-state index < -0.39 is 6.34 Å². The summed E-state index contributed by atoms with van der Waals surface area (Å²) < 4.78 is 10.9. The number of morpholine rings is 1. The quantitative estimate of drug-likeness (QED) is 0.471. The van der Waals surface area contributed by atoms with Gasteiger partial charge in [-0.15, -0.1) is 0 Å². The number of nitrogens with zero attached hydrogens (tertiary/aromatic N) is 3. The monoisotopic (exact) mass is 447 g/mol. The Morgan fingerprint density at radius 2 is 1.50 bits per heavy atom. The Morgan fingerprint density at radius 1 is 0.933 bits per heavy atom. The van der Waals surface area contributed by atoms with Crippen LogP contribution < -0.4 is 0 Å². The molecule has 1 aliphatic carbocycles. The molecule has 1 aromatic carbocycles. The van der Waals surface area contributed by atoms with E-state index >= 15 is 0 Å². The summed E-state index contributed by atoms with van der Waals surface area (Å²) >= 11 is 6.69. The number of benzene rings is 1. The first-order valence-electron chi connectivity index (χ1n) is 11.5. The molecular formula is C24H38N3OPS. The van der Waals surface area contributed by atoms with Crippen molar-refractivity contribution in [2.75, 3.05) is 52.5 Å². The second-order valence-electron chi connectivity index (χ2n) is 7.80. The fourth-order valence-electron chi connectivity index (χ4n) is 4.76. The minimum absolute atomic E-state index is 0.800. The average Bonchev–Trinajstić information content (AvgIpc) is 3.20. The van der Waals surface area contributed by atoms with E-state index in [4.69, 9.17) is 16.5 Å².